The van der Waals surface area contributed by atoms with Gasteiger partial charge in [-0.2, -0.15) is 21.6 Å². The van der Waals surface area contributed by atoms with Gasteiger partial charge in [0.15, 0.2) is 0 Å². The van der Waals surface area contributed by atoms with Crippen molar-refractivity contribution in [1.29, 1.82) is 0 Å². The van der Waals surface area contributed by atoms with Crippen LogP contribution in [0.4, 0.5) is 13.2 Å². The molecule has 182 valence electrons. The summed E-state index contributed by atoms with van der Waals surface area (Å²) in [5.74, 6) is -0.0329. The van der Waals surface area contributed by atoms with Crippen LogP contribution < -0.4 is 9.65 Å². The van der Waals surface area contributed by atoms with Gasteiger partial charge < -0.3 is 13.5 Å². The summed E-state index contributed by atoms with van der Waals surface area (Å²) in [5, 5.41) is 0. The van der Waals surface area contributed by atoms with Gasteiger partial charge in [0.25, 0.3) is 0 Å². The molecule has 5 nitrogen and oxygen atoms in total. The molecule has 0 radical (unpaired) electrons. The van der Waals surface area contributed by atoms with E-state index in [2.05, 4.69) is 4.18 Å². The molecule has 10 heteroatoms. The molecule has 1 saturated heterocycles. The first-order chi connectivity index (χ1) is 15.7. The molecule has 1 heterocycles. The summed E-state index contributed by atoms with van der Waals surface area (Å²) in [5.41, 5.74) is -2.23. The van der Waals surface area contributed by atoms with Crippen LogP contribution in [0.25, 0.3) is 11.1 Å². The van der Waals surface area contributed by atoms with E-state index in [-0.39, 0.29) is 17.6 Å². The van der Waals surface area contributed by atoms with Crippen LogP contribution in [0.2, 0.25) is 0 Å². The van der Waals surface area contributed by atoms with Crippen molar-refractivity contribution in [3.63, 3.8) is 0 Å². The van der Waals surface area contributed by atoms with Crippen molar-refractivity contribution in [3.8, 4) is 16.9 Å². The van der Waals surface area contributed by atoms with Crippen LogP contribution in [-0.2, 0) is 19.4 Å². The molecule has 2 fully saturated rings. The molecule has 0 spiro atoms. The lowest BCUT2D eigenvalue weighted by molar-refractivity contribution is -0.0500. The van der Waals surface area contributed by atoms with E-state index in [4.69, 9.17) is 9.31 Å². The van der Waals surface area contributed by atoms with Crippen LogP contribution >= 0.6 is 0 Å². The molecular formula is C24H26BF3O5S. The quantitative estimate of drug-likeness (QED) is 0.330. The van der Waals surface area contributed by atoms with Gasteiger partial charge in [0.1, 0.15) is 5.75 Å². The molecule has 0 aromatic heterocycles. The van der Waals surface area contributed by atoms with Gasteiger partial charge in [-0.15, -0.1) is 0 Å². The number of benzene rings is 2. The molecule has 2 unspecified atom stereocenters. The summed E-state index contributed by atoms with van der Waals surface area (Å²) in [6.45, 7) is 7.95. The van der Waals surface area contributed by atoms with Gasteiger partial charge in [0.05, 0.1) is 11.2 Å². The second-order valence-corrected chi connectivity index (χ2v) is 11.9. The minimum Gasteiger partial charge on any atom is -0.399 e. The second-order valence-electron chi connectivity index (χ2n) is 10.3. The van der Waals surface area contributed by atoms with Crippen LogP contribution in [0.5, 0.6) is 5.75 Å². The zero-order valence-corrected chi connectivity index (χ0v) is 20.2. The minimum atomic E-state index is -5.73. The fourth-order valence-electron chi connectivity index (χ4n) is 5.27. The van der Waals surface area contributed by atoms with Crippen LogP contribution in [-0.4, -0.2) is 32.2 Å². The van der Waals surface area contributed by atoms with Crippen LogP contribution in [0.15, 0.2) is 36.4 Å². The normalized spacial score (nSPS) is 25.0. The molecule has 1 saturated carbocycles. The highest BCUT2D eigenvalue weighted by Crippen LogP contribution is 2.58. The fraction of sp³-hybridized carbons (Fsp3) is 0.500. The van der Waals surface area contributed by atoms with Crippen molar-refractivity contribution in [2.24, 2.45) is 0 Å². The van der Waals surface area contributed by atoms with E-state index in [1.54, 1.807) is 6.07 Å². The Morgan fingerprint density at radius 3 is 2.03 bits per heavy atom. The zero-order chi connectivity index (χ0) is 24.7. The Labute approximate surface area is 197 Å². The molecule has 2 atom stereocenters. The highest BCUT2D eigenvalue weighted by atomic mass is 32.2. The average Bonchev–Trinajstić information content (AvgIpc) is 3.40. The van der Waals surface area contributed by atoms with E-state index in [1.165, 1.54) is 6.07 Å². The fourth-order valence-corrected chi connectivity index (χ4v) is 5.75. The standard InChI is InChI=1S/C24H26BF3O5S/c1-22(2)23(3,4)33-25(32-22)17-9-7-14(8-10-17)18-11-12-19(31-34(29,30)24(26,27)28)21-16-6-5-15(13-16)20(18)21/h7-12,15-16H,5-6,13H2,1-4H3. The molecule has 2 aromatic rings. The van der Waals surface area contributed by atoms with Gasteiger partial charge in [0, 0.05) is 5.56 Å². The highest BCUT2D eigenvalue weighted by Gasteiger charge is 2.52. The van der Waals surface area contributed by atoms with Gasteiger partial charge in [-0.25, -0.2) is 0 Å². The highest BCUT2D eigenvalue weighted by molar-refractivity contribution is 7.88. The number of halogens is 3. The molecule has 2 bridgehead atoms. The second kappa shape index (κ2) is 7.48. The Hall–Kier alpha value is -2.04. The van der Waals surface area contributed by atoms with Crippen molar-refractivity contribution in [3.05, 3.63) is 47.5 Å². The number of alkyl halides is 3. The summed E-state index contributed by atoms with van der Waals surface area (Å²) >= 11 is 0. The van der Waals surface area contributed by atoms with Gasteiger partial charge in [-0.1, -0.05) is 30.3 Å². The van der Waals surface area contributed by atoms with Gasteiger partial charge >= 0.3 is 22.7 Å². The molecule has 0 amide bonds. The molecule has 34 heavy (non-hydrogen) atoms. The maximum Gasteiger partial charge on any atom is 0.534 e. The third kappa shape index (κ3) is 3.65. The van der Waals surface area contributed by atoms with Crippen molar-refractivity contribution in [1.82, 2.24) is 0 Å². The Bertz CT molecular complexity index is 1220. The summed E-state index contributed by atoms with van der Waals surface area (Å²) in [6.07, 6.45) is 2.53. The summed E-state index contributed by atoms with van der Waals surface area (Å²) in [7, 11) is -6.22. The van der Waals surface area contributed by atoms with E-state index in [9.17, 15) is 21.6 Å². The smallest absolute Gasteiger partial charge is 0.399 e. The molecular weight excluding hydrogens is 468 g/mol. The third-order valence-electron chi connectivity index (χ3n) is 7.73. The Morgan fingerprint density at radius 1 is 0.912 bits per heavy atom. The van der Waals surface area contributed by atoms with Crippen molar-refractivity contribution in [2.45, 2.75) is 75.5 Å². The predicted octanol–water partition coefficient (Wildman–Crippen LogP) is 5.25. The topological polar surface area (TPSA) is 61.8 Å². The first-order valence-electron chi connectivity index (χ1n) is 11.3. The van der Waals surface area contributed by atoms with E-state index in [0.29, 0.717) is 5.56 Å². The number of hydrogen-bond donors (Lipinski definition) is 0. The molecule has 2 aromatic carbocycles. The van der Waals surface area contributed by atoms with Crippen molar-refractivity contribution < 1.29 is 35.1 Å². The minimum absolute atomic E-state index is 0.00223. The summed E-state index contributed by atoms with van der Waals surface area (Å²) < 4.78 is 78.9. The summed E-state index contributed by atoms with van der Waals surface area (Å²) in [4.78, 5) is 0. The number of rotatable bonds is 4. The molecule has 2 aliphatic carbocycles. The van der Waals surface area contributed by atoms with Crippen molar-refractivity contribution in [2.75, 3.05) is 0 Å². The zero-order valence-electron chi connectivity index (χ0n) is 19.4. The lowest BCUT2D eigenvalue weighted by Crippen LogP contribution is -2.41. The first-order valence-corrected chi connectivity index (χ1v) is 12.7. The molecule has 1 aliphatic heterocycles. The van der Waals surface area contributed by atoms with E-state index >= 15 is 0 Å². The van der Waals surface area contributed by atoms with E-state index in [0.717, 1.165) is 41.4 Å². The SMILES string of the molecule is CC1(C)OB(c2ccc(-c3ccc(OS(=O)(=O)C(F)(F)F)c4c3C3CCC4C3)cc2)OC1(C)C. The molecule has 0 N–H and O–H groups in total. The maximum absolute atomic E-state index is 12.9. The summed E-state index contributed by atoms with van der Waals surface area (Å²) in [6, 6.07) is 10.7. The van der Waals surface area contributed by atoms with Gasteiger partial charge in [-0.3, -0.25) is 0 Å². The number of fused-ring (bicyclic) bond motifs is 5. The predicted molar refractivity (Wildman–Crippen MR) is 123 cm³/mol. The molecule has 5 rings (SSSR count). The number of hydrogen-bond acceptors (Lipinski definition) is 5. The lowest BCUT2D eigenvalue weighted by atomic mass is 9.78. The van der Waals surface area contributed by atoms with Crippen LogP contribution in [0, 0.1) is 0 Å². The molecule has 3 aliphatic rings. The average molecular weight is 494 g/mol. The van der Waals surface area contributed by atoms with Crippen LogP contribution in [0.1, 0.15) is 69.9 Å². The Balaban J connectivity index is 1.49. The van der Waals surface area contributed by atoms with E-state index in [1.807, 2.05) is 52.0 Å². The van der Waals surface area contributed by atoms with E-state index < -0.39 is 33.9 Å². The Morgan fingerprint density at radius 2 is 1.47 bits per heavy atom. The maximum atomic E-state index is 12.9. The van der Waals surface area contributed by atoms with Crippen LogP contribution in [0.3, 0.4) is 0 Å². The van der Waals surface area contributed by atoms with Crippen molar-refractivity contribution >= 4 is 22.7 Å². The largest absolute Gasteiger partial charge is 0.534 e. The van der Waals surface area contributed by atoms with Gasteiger partial charge in [0.2, 0.25) is 0 Å². The van der Waals surface area contributed by atoms with Gasteiger partial charge in [-0.05, 0) is 87.0 Å². The monoisotopic (exact) mass is 494 g/mol. The lowest BCUT2D eigenvalue weighted by Gasteiger charge is -2.32. The Kier molecular flexibility index (Phi) is 5.21. The third-order valence-corrected chi connectivity index (χ3v) is 8.69. The first kappa shape index (κ1) is 23.7.